The lowest BCUT2D eigenvalue weighted by Gasteiger charge is -2.00. The SMILES string of the molecule is NS(=O)(=O)c1ccc2nc(NC(=O)c3ccc([N+](=O)[O-])cc3)sc2c1. The minimum absolute atomic E-state index is 0.0445. The number of anilines is 1. The van der Waals surface area contributed by atoms with Gasteiger partial charge in [-0.1, -0.05) is 11.3 Å². The second-order valence-corrected chi connectivity index (χ2v) is 7.54. The summed E-state index contributed by atoms with van der Waals surface area (Å²) >= 11 is 1.09. The van der Waals surface area contributed by atoms with Crippen LogP contribution in [0.2, 0.25) is 0 Å². The molecule has 3 N–H and O–H groups in total. The zero-order valence-corrected chi connectivity index (χ0v) is 14.0. The van der Waals surface area contributed by atoms with Crippen LogP contribution in [0.5, 0.6) is 0 Å². The Balaban J connectivity index is 1.84. The summed E-state index contributed by atoms with van der Waals surface area (Å²) in [5.41, 5.74) is 0.624. The molecule has 0 aliphatic rings. The van der Waals surface area contributed by atoms with E-state index in [1.807, 2.05) is 0 Å². The minimum Gasteiger partial charge on any atom is -0.298 e. The van der Waals surface area contributed by atoms with Crippen molar-refractivity contribution in [3.8, 4) is 0 Å². The van der Waals surface area contributed by atoms with Gasteiger partial charge in [-0.2, -0.15) is 0 Å². The van der Waals surface area contributed by atoms with Crippen molar-refractivity contribution < 1.29 is 18.1 Å². The standard InChI is InChI=1S/C14H10N4O5S2/c15-25(22,23)10-5-6-11-12(7-10)24-14(16-11)17-13(19)8-1-3-9(4-2-8)18(20)21/h1-7H,(H2,15,22,23)(H,16,17,19). The number of amides is 1. The first kappa shape index (κ1) is 17.0. The molecule has 128 valence electrons. The van der Waals surface area contributed by atoms with Crippen molar-refractivity contribution in [2.75, 3.05) is 5.32 Å². The molecule has 0 radical (unpaired) electrons. The van der Waals surface area contributed by atoms with Crippen molar-refractivity contribution in [2.24, 2.45) is 5.14 Å². The smallest absolute Gasteiger partial charge is 0.269 e. The average Bonchev–Trinajstić information content (AvgIpc) is 2.95. The van der Waals surface area contributed by atoms with Gasteiger partial charge >= 0.3 is 0 Å². The number of nitrogens with one attached hydrogen (secondary N) is 1. The number of thiazole rings is 1. The molecular weight excluding hydrogens is 368 g/mol. The first-order chi connectivity index (χ1) is 11.7. The molecule has 1 aromatic heterocycles. The summed E-state index contributed by atoms with van der Waals surface area (Å²) in [7, 11) is -3.83. The number of nitrogens with zero attached hydrogens (tertiary/aromatic N) is 2. The van der Waals surface area contributed by atoms with Crippen LogP contribution in [0.1, 0.15) is 10.4 Å². The Morgan fingerprint density at radius 2 is 1.88 bits per heavy atom. The van der Waals surface area contributed by atoms with Gasteiger partial charge in [0.1, 0.15) is 0 Å². The predicted octanol–water partition coefficient (Wildman–Crippen LogP) is 2.10. The van der Waals surface area contributed by atoms with E-state index in [4.69, 9.17) is 5.14 Å². The Hall–Kier alpha value is -2.89. The van der Waals surface area contributed by atoms with Gasteiger partial charge in [-0.25, -0.2) is 18.5 Å². The second-order valence-electron chi connectivity index (χ2n) is 4.95. The Morgan fingerprint density at radius 1 is 1.20 bits per heavy atom. The van der Waals surface area contributed by atoms with E-state index >= 15 is 0 Å². The van der Waals surface area contributed by atoms with Crippen LogP contribution in [0, 0.1) is 10.1 Å². The van der Waals surface area contributed by atoms with Crippen molar-refractivity contribution in [1.82, 2.24) is 4.98 Å². The number of benzene rings is 2. The van der Waals surface area contributed by atoms with E-state index in [0.29, 0.717) is 10.2 Å². The van der Waals surface area contributed by atoms with Gasteiger partial charge in [0, 0.05) is 17.7 Å². The van der Waals surface area contributed by atoms with Crippen LogP contribution in [-0.4, -0.2) is 24.2 Å². The van der Waals surface area contributed by atoms with Gasteiger partial charge in [0.25, 0.3) is 11.6 Å². The molecule has 0 saturated heterocycles. The largest absolute Gasteiger partial charge is 0.298 e. The van der Waals surface area contributed by atoms with Gasteiger partial charge in [-0.3, -0.25) is 20.2 Å². The maximum atomic E-state index is 12.2. The maximum Gasteiger partial charge on any atom is 0.269 e. The lowest BCUT2D eigenvalue weighted by molar-refractivity contribution is -0.384. The summed E-state index contributed by atoms with van der Waals surface area (Å²) in [6.07, 6.45) is 0. The Bertz CT molecular complexity index is 1090. The number of hydrogen-bond donors (Lipinski definition) is 2. The molecule has 9 nitrogen and oxygen atoms in total. The van der Waals surface area contributed by atoms with E-state index in [9.17, 15) is 23.3 Å². The number of aromatic nitrogens is 1. The summed E-state index contributed by atoms with van der Waals surface area (Å²) in [6, 6.07) is 9.33. The monoisotopic (exact) mass is 378 g/mol. The molecular formula is C14H10N4O5S2. The summed E-state index contributed by atoms with van der Waals surface area (Å²) in [5.74, 6) is -0.486. The predicted molar refractivity (Wildman–Crippen MR) is 92.0 cm³/mol. The lowest BCUT2D eigenvalue weighted by atomic mass is 10.2. The number of carbonyl (C=O) groups excluding carboxylic acids is 1. The van der Waals surface area contributed by atoms with Crippen molar-refractivity contribution in [2.45, 2.75) is 4.90 Å². The molecule has 2 aromatic carbocycles. The van der Waals surface area contributed by atoms with Crippen molar-refractivity contribution in [3.63, 3.8) is 0 Å². The maximum absolute atomic E-state index is 12.2. The lowest BCUT2D eigenvalue weighted by Crippen LogP contribution is -2.11. The third-order valence-corrected chi connectivity index (χ3v) is 5.09. The quantitative estimate of drug-likeness (QED) is 0.525. The molecule has 0 spiro atoms. The number of nitro benzene ring substituents is 1. The minimum atomic E-state index is -3.83. The molecule has 3 aromatic rings. The summed E-state index contributed by atoms with van der Waals surface area (Å²) in [5, 5.41) is 18.5. The third-order valence-electron chi connectivity index (χ3n) is 3.25. The van der Waals surface area contributed by atoms with Gasteiger partial charge in [-0.15, -0.1) is 0 Å². The van der Waals surface area contributed by atoms with E-state index in [1.54, 1.807) is 0 Å². The number of hydrogen-bond acceptors (Lipinski definition) is 7. The Labute approximate surface area is 145 Å². The highest BCUT2D eigenvalue weighted by atomic mass is 32.2. The molecule has 0 unspecified atom stereocenters. The van der Waals surface area contributed by atoms with Crippen molar-refractivity contribution >= 4 is 48.3 Å². The summed E-state index contributed by atoms with van der Waals surface area (Å²) in [4.78, 5) is 26.4. The summed E-state index contributed by atoms with van der Waals surface area (Å²) in [6.45, 7) is 0. The molecule has 0 aliphatic heterocycles. The van der Waals surface area contributed by atoms with E-state index < -0.39 is 20.9 Å². The fourth-order valence-electron chi connectivity index (χ4n) is 2.04. The van der Waals surface area contributed by atoms with Crippen LogP contribution in [-0.2, 0) is 10.0 Å². The molecule has 0 aliphatic carbocycles. The Kier molecular flexibility index (Phi) is 4.20. The molecule has 0 fully saturated rings. The highest BCUT2D eigenvalue weighted by molar-refractivity contribution is 7.89. The number of fused-ring (bicyclic) bond motifs is 1. The number of sulfonamides is 1. The zero-order valence-electron chi connectivity index (χ0n) is 12.4. The number of carbonyl (C=O) groups is 1. The fraction of sp³-hybridized carbons (Fsp3) is 0. The van der Waals surface area contributed by atoms with Gasteiger partial charge in [0.15, 0.2) is 5.13 Å². The number of nitrogens with two attached hydrogens (primary N) is 1. The normalized spacial score (nSPS) is 11.4. The highest BCUT2D eigenvalue weighted by Crippen LogP contribution is 2.28. The van der Waals surface area contributed by atoms with Crippen molar-refractivity contribution in [3.05, 3.63) is 58.1 Å². The fourth-order valence-corrected chi connectivity index (χ4v) is 3.55. The summed E-state index contributed by atoms with van der Waals surface area (Å²) < 4.78 is 23.3. The number of rotatable bonds is 4. The van der Waals surface area contributed by atoms with Crippen LogP contribution in [0.4, 0.5) is 10.8 Å². The number of nitro groups is 1. The first-order valence-corrected chi connectivity index (χ1v) is 9.09. The van der Waals surface area contributed by atoms with Gasteiger partial charge in [-0.05, 0) is 30.3 Å². The second kappa shape index (κ2) is 6.20. The highest BCUT2D eigenvalue weighted by Gasteiger charge is 2.14. The van der Waals surface area contributed by atoms with E-state index in [2.05, 4.69) is 10.3 Å². The first-order valence-electron chi connectivity index (χ1n) is 6.73. The van der Waals surface area contributed by atoms with Gasteiger partial charge in [0.05, 0.1) is 20.0 Å². The van der Waals surface area contributed by atoms with Gasteiger partial charge < -0.3 is 0 Å². The van der Waals surface area contributed by atoms with E-state index in [0.717, 1.165) is 11.3 Å². The molecule has 25 heavy (non-hydrogen) atoms. The van der Waals surface area contributed by atoms with Crippen LogP contribution in [0.3, 0.4) is 0 Å². The topological polar surface area (TPSA) is 145 Å². The number of primary sulfonamides is 1. The van der Waals surface area contributed by atoms with Gasteiger partial charge in [0.2, 0.25) is 10.0 Å². The number of non-ortho nitro benzene ring substituents is 1. The third kappa shape index (κ3) is 3.63. The average molecular weight is 378 g/mol. The van der Waals surface area contributed by atoms with Crippen LogP contribution >= 0.6 is 11.3 Å². The van der Waals surface area contributed by atoms with E-state index in [-0.39, 0.29) is 21.3 Å². The molecule has 1 heterocycles. The molecule has 1 amide bonds. The molecule has 0 atom stereocenters. The van der Waals surface area contributed by atoms with E-state index in [1.165, 1.54) is 42.5 Å². The molecule has 0 saturated carbocycles. The van der Waals surface area contributed by atoms with Crippen LogP contribution in [0.25, 0.3) is 10.2 Å². The zero-order chi connectivity index (χ0) is 18.2. The molecule has 3 rings (SSSR count). The Morgan fingerprint density at radius 3 is 2.48 bits per heavy atom. The van der Waals surface area contributed by atoms with Crippen molar-refractivity contribution in [1.29, 1.82) is 0 Å². The molecule has 11 heteroatoms. The van der Waals surface area contributed by atoms with Crippen LogP contribution < -0.4 is 10.5 Å². The van der Waals surface area contributed by atoms with Crippen LogP contribution in [0.15, 0.2) is 47.4 Å². The molecule has 0 bridgehead atoms.